The number of hydrogen-bond acceptors (Lipinski definition) is 24. The molecule has 0 aliphatic rings. The Labute approximate surface area is 553 Å². The molecule has 0 radical (unpaired) electrons. The van der Waals surface area contributed by atoms with Gasteiger partial charge < -0.3 is 59.4 Å². The van der Waals surface area contributed by atoms with E-state index in [4.69, 9.17) is 0 Å². The fourth-order valence-electron chi connectivity index (χ4n) is 7.30. The molecule has 0 aliphatic carbocycles. The smallest absolute Gasteiger partial charge is 0.744 e. The molecule has 0 bridgehead atoms. The number of carboxylic acid groups (broad SMARTS) is 2. The van der Waals surface area contributed by atoms with E-state index in [2.05, 4.69) is 41.3 Å². The van der Waals surface area contributed by atoms with Gasteiger partial charge in [0.05, 0.1) is 56.8 Å². The average Bonchev–Trinajstić information content (AvgIpc) is 3.33. The molecule has 24 nitrogen and oxygen atoms in total. The summed E-state index contributed by atoms with van der Waals surface area (Å²) in [6.07, 6.45) is 0. The van der Waals surface area contributed by atoms with Crippen LogP contribution in [0.25, 0.3) is 43.4 Å². The number of phenols is 3. The summed E-state index contributed by atoms with van der Waals surface area (Å²) in [5.41, 5.74) is -0.191. The van der Waals surface area contributed by atoms with Crippen LogP contribution in [0.15, 0.2) is 167 Å². The van der Waals surface area contributed by atoms with E-state index in [-0.39, 0.29) is 209 Å². The molecule has 32 heteroatoms. The van der Waals surface area contributed by atoms with E-state index >= 15 is 0 Å². The van der Waals surface area contributed by atoms with E-state index < -0.39 is 104 Å². The second kappa shape index (κ2) is 28.1. The summed E-state index contributed by atoms with van der Waals surface area (Å²) in [5, 5.41) is 83.4. The van der Waals surface area contributed by atoms with Gasteiger partial charge in [0.2, 0.25) is 0 Å². The van der Waals surface area contributed by atoms with Crippen LogP contribution in [0.4, 0.5) is 45.5 Å². The van der Waals surface area contributed by atoms with E-state index in [1.54, 1.807) is 24.3 Å². The summed E-state index contributed by atoms with van der Waals surface area (Å²) in [4.78, 5) is 18.8. The van der Waals surface area contributed by atoms with E-state index in [0.29, 0.717) is 11.1 Å². The van der Waals surface area contributed by atoms with Crippen LogP contribution in [-0.4, -0.2) is 79.3 Å². The number of carbonyl (C=O) groups excluding carboxylic acids is 2. The van der Waals surface area contributed by atoms with Crippen molar-refractivity contribution in [1.82, 2.24) is 0 Å². The third-order valence-corrected chi connectivity index (χ3v) is 13.2. The summed E-state index contributed by atoms with van der Waals surface area (Å²) in [6.45, 7) is -1.15. The quantitative estimate of drug-likeness (QED) is 0.0341. The first-order chi connectivity index (χ1) is 34.4. The van der Waals surface area contributed by atoms with Gasteiger partial charge in [-0.05, 0) is 124 Å². The number of nitrogens with one attached hydrogen (secondary N) is 2. The molecule has 8 aromatic rings. The first kappa shape index (κ1) is 68.3. The van der Waals surface area contributed by atoms with Crippen molar-refractivity contribution in [3.05, 3.63) is 121 Å². The van der Waals surface area contributed by atoms with Crippen LogP contribution in [0.5, 0.6) is 17.2 Å². The molecule has 0 aliphatic heterocycles. The molecule has 0 unspecified atom stereocenters. The molecule has 0 saturated heterocycles. The maximum Gasteiger partial charge on any atom is 1.00 e. The third kappa shape index (κ3) is 16.1. The molecule has 372 valence electrons. The molecule has 78 heavy (non-hydrogen) atoms. The topological polar surface area (TPSA) is 411 Å². The van der Waals surface area contributed by atoms with Gasteiger partial charge in [-0.15, -0.1) is 15.3 Å². The minimum Gasteiger partial charge on any atom is -0.744 e. The molecule has 0 aromatic heterocycles. The van der Waals surface area contributed by atoms with Crippen molar-refractivity contribution in [3.8, 4) is 28.4 Å². The Kier molecular flexibility index (Phi) is 24.6. The number of azo groups is 3. The Morgan fingerprint density at radius 2 is 0.679 bits per heavy atom. The van der Waals surface area contributed by atoms with Crippen molar-refractivity contribution in [1.29, 1.82) is 0 Å². The molecule has 5 N–H and O–H groups in total. The van der Waals surface area contributed by atoms with E-state index in [1.165, 1.54) is 72.8 Å². The van der Waals surface area contributed by atoms with Gasteiger partial charge in [-0.1, -0.05) is 24.3 Å². The monoisotopic (exact) mass is 1160 g/mol. The van der Waals surface area contributed by atoms with Crippen molar-refractivity contribution in [3.63, 3.8) is 0 Å². The number of rotatable bonds is 16. The number of benzene rings is 8. The number of carboxylic acids is 2. The molecule has 0 heterocycles. The minimum absolute atomic E-state index is 0. The van der Waals surface area contributed by atoms with Crippen molar-refractivity contribution in [2.45, 2.75) is 14.7 Å². The summed E-state index contributed by atoms with van der Waals surface area (Å²) in [5.74, 6) is -5.04. The molecular weight excluding hydrogens is 1130 g/mol. The van der Waals surface area contributed by atoms with E-state index in [9.17, 15) is 74.0 Å². The number of carbonyl (C=O) groups is 2. The second-order valence-electron chi connectivity index (χ2n) is 15.5. The summed E-state index contributed by atoms with van der Waals surface area (Å²) in [6, 6.07) is 26.9. The van der Waals surface area contributed by atoms with Crippen LogP contribution in [0.2, 0.25) is 0 Å². The van der Waals surface area contributed by atoms with Crippen LogP contribution in [0.3, 0.4) is 0 Å². The first-order valence-electron chi connectivity index (χ1n) is 20.5. The standard InChI is InChI=1S/C46H34N8O16S3.5Na/c55-39(56)21-47-30-9-12-33-25(15-30)18-36(71(62,63)64)41(44(33)59)52-49-28-5-1-23(2-6-28)24-3-7-29(8-4-24)50-53-42-38(73(68,69)70)20-27-17-32(11-14-35(27)46(42)61)51-54-43-37(72(65,66)67)19-26-16-31(48-22-40(57)58)10-13-34(26)45(43)60;;;;;/h1-20,47-48,59-61H,21-22H2,(H,55,56)(H,57,58)(H,62,63,64)(H,65,66,67)(H,68,69,70);;;;;/q;5*+1/p-5. The molecule has 0 saturated carbocycles. The number of aliphatic carboxylic acids is 2. The molecular formula is C46H29N8Na5O16S3. The average molecular weight is 1160 g/mol. The Balaban J connectivity index is 0.00000320. The molecule has 8 rings (SSSR count). The second-order valence-corrected chi connectivity index (χ2v) is 19.5. The number of nitrogens with zero attached hydrogens (tertiary/aromatic N) is 6. The number of phenolic OH excluding ortho intramolecular Hbond substituents is 3. The van der Waals surface area contributed by atoms with Gasteiger partial charge in [0.15, 0.2) is 17.2 Å². The zero-order chi connectivity index (χ0) is 52.6. The maximum absolute atomic E-state index is 12.5. The Morgan fingerprint density at radius 3 is 0.987 bits per heavy atom. The van der Waals surface area contributed by atoms with Crippen LogP contribution >= 0.6 is 0 Å². The third-order valence-electron chi connectivity index (χ3n) is 10.7. The Morgan fingerprint density at radius 1 is 0.397 bits per heavy atom. The minimum atomic E-state index is -5.35. The van der Waals surface area contributed by atoms with Crippen molar-refractivity contribution in [2.24, 2.45) is 30.7 Å². The summed E-state index contributed by atoms with van der Waals surface area (Å²) < 4.78 is 111. The van der Waals surface area contributed by atoms with Crippen LogP contribution in [0.1, 0.15) is 0 Å². The van der Waals surface area contributed by atoms with E-state index in [1.807, 2.05) is 0 Å². The van der Waals surface area contributed by atoms with Crippen molar-refractivity contribution >= 4 is 120 Å². The number of hydrogen-bond donors (Lipinski definition) is 5. The van der Waals surface area contributed by atoms with Gasteiger partial charge >= 0.3 is 148 Å². The van der Waals surface area contributed by atoms with Gasteiger partial charge in [-0.2, -0.15) is 15.3 Å². The molecule has 0 atom stereocenters. The number of fused-ring (bicyclic) bond motifs is 3. The normalized spacial score (nSPS) is 11.6. The van der Waals surface area contributed by atoms with Gasteiger partial charge in [0.1, 0.15) is 47.4 Å². The molecule has 0 spiro atoms. The van der Waals surface area contributed by atoms with Crippen LogP contribution in [0, 0.1) is 0 Å². The maximum atomic E-state index is 12.5. The SMILES string of the molecule is O=C([O-])CNc1ccc2c(O)c(N=Nc3ccc(-c4ccc(N=Nc5c(S(=O)(=O)[O-])cc6cc(N=Nc7c(S(=O)(=O)[O-])cc8cc(NCC(=O)[O-])ccc8c7O)ccc6c5O)cc4)cc3)c(S(=O)(=O)[O-])cc2c1.[Na+].[Na+].[Na+].[Na+].[Na+]. The Bertz CT molecular complexity index is 4070. The summed E-state index contributed by atoms with van der Waals surface area (Å²) >= 11 is 0. The van der Waals surface area contributed by atoms with Crippen molar-refractivity contribution in [2.75, 3.05) is 23.7 Å². The summed E-state index contributed by atoms with van der Waals surface area (Å²) in [7, 11) is -15.9. The van der Waals surface area contributed by atoms with Gasteiger partial charge in [0, 0.05) is 27.5 Å². The fourth-order valence-corrected chi connectivity index (χ4v) is 9.24. The van der Waals surface area contributed by atoms with Gasteiger partial charge in [0.25, 0.3) is 0 Å². The number of anilines is 2. The first-order valence-corrected chi connectivity index (χ1v) is 24.8. The predicted octanol–water partition coefficient (Wildman–Crippen LogP) is -8.77. The number of aromatic hydroxyl groups is 3. The molecule has 0 fully saturated rings. The van der Waals surface area contributed by atoms with Gasteiger partial charge in [-0.25, -0.2) is 25.3 Å². The van der Waals surface area contributed by atoms with Crippen LogP contribution < -0.4 is 169 Å². The van der Waals surface area contributed by atoms with Gasteiger partial charge in [-0.3, -0.25) is 0 Å². The molecule has 8 aromatic carbocycles. The van der Waals surface area contributed by atoms with Crippen LogP contribution in [-0.2, 0) is 39.9 Å². The largest absolute Gasteiger partial charge is 1.00 e. The van der Waals surface area contributed by atoms with E-state index in [0.717, 1.165) is 24.3 Å². The predicted molar refractivity (Wildman–Crippen MR) is 252 cm³/mol. The zero-order valence-corrected chi connectivity index (χ0v) is 54.0. The van der Waals surface area contributed by atoms with Crippen molar-refractivity contribution < 1.29 is 222 Å². The fraction of sp³-hybridized carbons (Fsp3) is 0.0435. The Hall–Kier alpha value is -3.99. The molecule has 0 amide bonds. The zero-order valence-electron chi connectivity index (χ0n) is 41.5.